The maximum atomic E-state index is 13.0. The van der Waals surface area contributed by atoms with Crippen LogP contribution in [-0.2, 0) is 6.61 Å². The van der Waals surface area contributed by atoms with E-state index in [1.807, 2.05) is 60.7 Å². The maximum Gasteiger partial charge on any atom is 0.276 e. The van der Waals surface area contributed by atoms with Gasteiger partial charge >= 0.3 is 0 Å². The Labute approximate surface area is 182 Å². The molecule has 0 aliphatic rings. The summed E-state index contributed by atoms with van der Waals surface area (Å²) in [5.74, 6) is 1.35. The number of fused-ring (bicyclic) bond motifs is 1. The SMILES string of the molecule is Cc1ccc(COc2ccc(/C=c3/sc4nnc(-c5ccccc5)n4c3=O)cc2)cc1. The molecule has 0 amide bonds. The fraction of sp³-hybridized carbons (Fsp3) is 0.0800. The molecule has 0 aliphatic heterocycles. The average Bonchev–Trinajstić information content (AvgIpc) is 3.35. The van der Waals surface area contributed by atoms with Gasteiger partial charge in [0.1, 0.15) is 12.4 Å². The first-order chi connectivity index (χ1) is 15.2. The number of benzene rings is 3. The number of aromatic nitrogens is 3. The largest absolute Gasteiger partial charge is 0.489 e. The van der Waals surface area contributed by atoms with Crippen LogP contribution in [0.1, 0.15) is 16.7 Å². The van der Waals surface area contributed by atoms with E-state index in [1.54, 1.807) is 4.40 Å². The Morgan fingerprint density at radius 2 is 1.68 bits per heavy atom. The third-order valence-electron chi connectivity index (χ3n) is 4.98. The molecule has 2 aromatic heterocycles. The normalized spacial score (nSPS) is 11.8. The summed E-state index contributed by atoms with van der Waals surface area (Å²) in [5, 5.41) is 8.37. The molecule has 152 valence electrons. The van der Waals surface area contributed by atoms with Crippen LogP contribution in [0.15, 0.2) is 83.7 Å². The van der Waals surface area contributed by atoms with Crippen molar-refractivity contribution in [3.63, 3.8) is 0 Å². The lowest BCUT2D eigenvalue weighted by molar-refractivity contribution is 0.306. The maximum absolute atomic E-state index is 13.0. The number of aryl methyl sites for hydroxylation is 1. The molecule has 0 N–H and O–H groups in total. The lowest BCUT2D eigenvalue weighted by Crippen LogP contribution is -2.23. The van der Waals surface area contributed by atoms with Crippen LogP contribution < -0.4 is 14.8 Å². The molecule has 5 rings (SSSR count). The molecule has 0 fully saturated rings. The van der Waals surface area contributed by atoms with Gasteiger partial charge in [-0.3, -0.25) is 4.79 Å². The Morgan fingerprint density at radius 1 is 0.935 bits per heavy atom. The highest BCUT2D eigenvalue weighted by molar-refractivity contribution is 7.15. The van der Waals surface area contributed by atoms with Crippen molar-refractivity contribution in [2.45, 2.75) is 13.5 Å². The van der Waals surface area contributed by atoms with E-state index >= 15 is 0 Å². The second-order valence-electron chi connectivity index (χ2n) is 7.27. The van der Waals surface area contributed by atoms with E-state index in [4.69, 9.17) is 4.74 Å². The summed E-state index contributed by atoms with van der Waals surface area (Å²) in [5.41, 5.74) is 4.05. The highest BCUT2D eigenvalue weighted by Gasteiger charge is 2.13. The molecule has 0 radical (unpaired) electrons. The molecule has 0 spiro atoms. The van der Waals surface area contributed by atoms with Gasteiger partial charge in [0.15, 0.2) is 5.82 Å². The molecule has 0 saturated heterocycles. The van der Waals surface area contributed by atoms with Gasteiger partial charge in [0, 0.05) is 5.56 Å². The van der Waals surface area contributed by atoms with E-state index < -0.39 is 0 Å². The minimum atomic E-state index is -0.108. The van der Waals surface area contributed by atoms with Gasteiger partial charge < -0.3 is 4.74 Å². The smallest absolute Gasteiger partial charge is 0.276 e. The van der Waals surface area contributed by atoms with E-state index in [1.165, 1.54) is 16.9 Å². The molecular weight excluding hydrogens is 406 g/mol. The summed E-state index contributed by atoms with van der Waals surface area (Å²) in [4.78, 5) is 13.6. The van der Waals surface area contributed by atoms with Gasteiger partial charge in [-0.15, -0.1) is 10.2 Å². The Kier molecular flexibility index (Phi) is 5.06. The van der Waals surface area contributed by atoms with Crippen LogP contribution in [0.25, 0.3) is 22.4 Å². The molecule has 2 heterocycles. The van der Waals surface area contributed by atoms with E-state index in [9.17, 15) is 4.79 Å². The lowest BCUT2D eigenvalue weighted by Gasteiger charge is -2.06. The zero-order valence-electron chi connectivity index (χ0n) is 16.9. The van der Waals surface area contributed by atoms with Gasteiger partial charge in [0.2, 0.25) is 4.96 Å². The quantitative estimate of drug-likeness (QED) is 0.422. The Hall–Kier alpha value is -3.77. The van der Waals surface area contributed by atoms with Gasteiger partial charge in [-0.25, -0.2) is 4.40 Å². The van der Waals surface area contributed by atoms with Gasteiger partial charge in [-0.05, 0) is 36.3 Å². The highest BCUT2D eigenvalue weighted by atomic mass is 32.1. The highest BCUT2D eigenvalue weighted by Crippen LogP contribution is 2.18. The minimum Gasteiger partial charge on any atom is -0.489 e. The fourth-order valence-electron chi connectivity index (χ4n) is 3.30. The molecule has 0 atom stereocenters. The molecule has 0 aliphatic carbocycles. The van der Waals surface area contributed by atoms with Crippen LogP contribution in [0.5, 0.6) is 5.75 Å². The molecule has 6 heteroatoms. The van der Waals surface area contributed by atoms with Crippen LogP contribution in [0.4, 0.5) is 0 Å². The number of ether oxygens (including phenoxy) is 1. The van der Waals surface area contributed by atoms with Crippen molar-refractivity contribution in [3.05, 3.63) is 110 Å². The van der Waals surface area contributed by atoms with Crippen LogP contribution in [0.3, 0.4) is 0 Å². The van der Waals surface area contributed by atoms with Gasteiger partial charge in [0.05, 0.1) is 4.53 Å². The van der Waals surface area contributed by atoms with Crippen LogP contribution in [0, 0.1) is 6.92 Å². The molecule has 3 aromatic carbocycles. The van der Waals surface area contributed by atoms with E-state index in [0.29, 0.717) is 21.9 Å². The molecule has 0 bridgehead atoms. The molecular formula is C25H19N3O2S. The van der Waals surface area contributed by atoms with E-state index in [2.05, 4.69) is 41.4 Å². The zero-order chi connectivity index (χ0) is 21.2. The monoisotopic (exact) mass is 425 g/mol. The van der Waals surface area contributed by atoms with E-state index in [-0.39, 0.29) is 5.56 Å². The molecule has 31 heavy (non-hydrogen) atoms. The van der Waals surface area contributed by atoms with Crippen molar-refractivity contribution in [3.8, 4) is 17.1 Å². The lowest BCUT2D eigenvalue weighted by atomic mass is 10.2. The number of thiazole rings is 1. The van der Waals surface area contributed by atoms with Crippen molar-refractivity contribution >= 4 is 22.4 Å². The Morgan fingerprint density at radius 3 is 2.42 bits per heavy atom. The first kappa shape index (κ1) is 19.2. The van der Waals surface area contributed by atoms with Crippen molar-refractivity contribution in [1.82, 2.24) is 14.6 Å². The number of hydrogen-bond donors (Lipinski definition) is 0. The molecule has 0 unspecified atom stereocenters. The third kappa shape index (κ3) is 3.98. The van der Waals surface area contributed by atoms with E-state index in [0.717, 1.165) is 22.4 Å². The van der Waals surface area contributed by atoms with Crippen LogP contribution >= 0.6 is 11.3 Å². The van der Waals surface area contributed by atoms with Gasteiger partial charge in [0.25, 0.3) is 5.56 Å². The summed E-state index contributed by atoms with van der Waals surface area (Å²) in [6.45, 7) is 2.59. The second-order valence-corrected chi connectivity index (χ2v) is 8.28. The second kappa shape index (κ2) is 8.16. The standard InChI is InChI=1S/C25H19N3O2S/c1-17-7-9-19(10-8-17)16-30-21-13-11-18(12-14-21)15-22-24(29)28-23(26-27-25(28)31-22)20-5-3-2-4-6-20/h2-15H,16H2,1H3/b22-15+. The van der Waals surface area contributed by atoms with Crippen LogP contribution in [0.2, 0.25) is 0 Å². The fourth-order valence-corrected chi connectivity index (χ4v) is 4.21. The van der Waals surface area contributed by atoms with Crippen molar-refractivity contribution in [1.29, 1.82) is 0 Å². The summed E-state index contributed by atoms with van der Waals surface area (Å²) in [7, 11) is 0. The topological polar surface area (TPSA) is 56.5 Å². The van der Waals surface area contributed by atoms with Crippen molar-refractivity contribution in [2.24, 2.45) is 0 Å². The minimum absolute atomic E-state index is 0.108. The van der Waals surface area contributed by atoms with Crippen molar-refractivity contribution < 1.29 is 4.74 Å². The summed E-state index contributed by atoms with van der Waals surface area (Å²) in [6.07, 6.45) is 1.88. The van der Waals surface area contributed by atoms with Gasteiger partial charge in [-0.1, -0.05) is 83.6 Å². The van der Waals surface area contributed by atoms with Crippen molar-refractivity contribution in [2.75, 3.05) is 0 Å². The van der Waals surface area contributed by atoms with Crippen LogP contribution in [-0.4, -0.2) is 14.6 Å². The predicted octanol–water partition coefficient (Wildman–Crippen LogP) is 4.25. The summed E-state index contributed by atoms with van der Waals surface area (Å²) in [6, 6.07) is 25.6. The number of nitrogens with zero attached hydrogens (tertiary/aromatic N) is 3. The first-order valence-corrected chi connectivity index (χ1v) is 10.7. The predicted molar refractivity (Wildman–Crippen MR) is 123 cm³/mol. The zero-order valence-corrected chi connectivity index (χ0v) is 17.7. The number of rotatable bonds is 5. The summed E-state index contributed by atoms with van der Waals surface area (Å²) >= 11 is 1.34. The first-order valence-electron chi connectivity index (χ1n) is 9.91. The summed E-state index contributed by atoms with van der Waals surface area (Å²) < 4.78 is 8.06. The molecule has 5 nitrogen and oxygen atoms in total. The third-order valence-corrected chi connectivity index (χ3v) is 5.94. The Balaban J connectivity index is 1.39. The molecule has 0 saturated carbocycles. The molecule has 5 aromatic rings. The average molecular weight is 426 g/mol. The Bertz CT molecular complexity index is 1440. The van der Waals surface area contributed by atoms with Gasteiger partial charge in [-0.2, -0.15) is 0 Å². The number of hydrogen-bond acceptors (Lipinski definition) is 5.